The van der Waals surface area contributed by atoms with Gasteiger partial charge in [-0.05, 0) is 110 Å². The summed E-state index contributed by atoms with van der Waals surface area (Å²) in [5, 5.41) is 26.8. The quantitative estimate of drug-likeness (QED) is 0.0348. The van der Waals surface area contributed by atoms with Crippen LogP contribution in [0.4, 0.5) is 0 Å². The van der Waals surface area contributed by atoms with Gasteiger partial charge in [0, 0.05) is 53.9 Å². The van der Waals surface area contributed by atoms with E-state index >= 15 is 4.79 Å². The van der Waals surface area contributed by atoms with Crippen LogP contribution in [0.2, 0.25) is 0 Å². The summed E-state index contributed by atoms with van der Waals surface area (Å²) < 4.78 is 21.1. The van der Waals surface area contributed by atoms with Gasteiger partial charge < -0.3 is 34.2 Å². The Bertz CT molecular complexity index is 2140. The number of aliphatic hydroxyl groups is 2. The molecule has 1 amide bonds. The Morgan fingerprint density at radius 2 is 1.72 bits per heavy atom. The molecule has 4 aromatic carbocycles. The highest BCUT2D eigenvalue weighted by Gasteiger charge is 2.65. The summed E-state index contributed by atoms with van der Waals surface area (Å²) in [7, 11) is 0. The number of nitrogens with zero attached hydrogens (tertiary/aromatic N) is 2. The summed E-state index contributed by atoms with van der Waals surface area (Å²) in [4.78, 5) is 24.2. The molecule has 0 unspecified atom stereocenters. The molecule has 10 heteroatoms. The van der Waals surface area contributed by atoms with Crippen LogP contribution in [0.15, 0.2) is 125 Å². The molecule has 1 saturated carbocycles. The number of benzene rings is 4. The van der Waals surface area contributed by atoms with Crippen LogP contribution in [0.1, 0.15) is 87.1 Å². The first-order valence-electron chi connectivity index (χ1n) is 22.3. The highest BCUT2D eigenvalue weighted by molar-refractivity contribution is 7.99. The van der Waals surface area contributed by atoms with Crippen LogP contribution in [0.25, 0.3) is 10.8 Å². The number of rotatable bonds is 22. The van der Waals surface area contributed by atoms with Crippen molar-refractivity contribution in [3.05, 3.63) is 126 Å². The number of amides is 1. The maximum Gasteiger partial charge on any atom is 0.254 e. The van der Waals surface area contributed by atoms with Crippen molar-refractivity contribution < 1.29 is 34.1 Å². The third-order valence-corrected chi connectivity index (χ3v) is 13.4. The first kappa shape index (κ1) is 44.4. The largest absolute Gasteiger partial charge is 0.493 e. The Balaban J connectivity index is 1.38. The number of aliphatic hydroxyl groups excluding tert-OH is 2. The summed E-state index contributed by atoms with van der Waals surface area (Å²) >= 11 is 1.76. The lowest BCUT2D eigenvalue weighted by molar-refractivity contribution is -0.254. The fraction of sp³-hybridized carbons (Fsp3) is 0.451. The minimum Gasteiger partial charge on any atom is -0.493 e. The zero-order valence-electron chi connectivity index (χ0n) is 35.8. The van der Waals surface area contributed by atoms with E-state index < -0.39 is 11.8 Å². The second kappa shape index (κ2) is 21.5. The number of oxime groups is 1. The van der Waals surface area contributed by atoms with E-state index in [-0.39, 0.29) is 49.4 Å². The van der Waals surface area contributed by atoms with Crippen LogP contribution in [-0.4, -0.2) is 83.9 Å². The van der Waals surface area contributed by atoms with Crippen LogP contribution < -0.4 is 9.47 Å². The summed E-state index contributed by atoms with van der Waals surface area (Å²) in [6.45, 7) is 9.97. The fourth-order valence-corrected chi connectivity index (χ4v) is 10.6. The summed E-state index contributed by atoms with van der Waals surface area (Å²) in [5.41, 5.74) is 3.47. The number of allylic oxidation sites excluding steroid dienone is 1. The van der Waals surface area contributed by atoms with E-state index in [0.29, 0.717) is 50.3 Å². The summed E-state index contributed by atoms with van der Waals surface area (Å²) in [5.74, 6) is 0.638. The van der Waals surface area contributed by atoms with Crippen molar-refractivity contribution >= 4 is 34.2 Å². The van der Waals surface area contributed by atoms with Gasteiger partial charge in [0.05, 0.1) is 24.8 Å². The molecule has 2 N–H and O–H groups in total. The maximum atomic E-state index is 15.1. The maximum absolute atomic E-state index is 15.1. The average Bonchev–Trinajstić information content (AvgIpc) is 3.29. The molecule has 61 heavy (non-hydrogen) atoms. The van der Waals surface area contributed by atoms with Crippen molar-refractivity contribution in [2.24, 2.45) is 22.9 Å². The van der Waals surface area contributed by atoms with Gasteiger partial charge in [0.2, 0.25) is 5.79 Å². The van der Waals surface area contributed by atoms with E-state index in [1.54, 1.807) is 17.8 Å². The molecule has 0 bridgehead atoms. The van der Waals surface area contributed by atoms with Crippen molar-refractivity contribution in [1.29, 1.82) is 0 Å². The number of thioether (sulfide) groups is 1. The standard InChI is InChI=1S/C51H62N2O7S/c1-4-26-53(50(56)39-23-22-36-16-10-11-17-37(36)32-39)47-35-45(52-59-6-3)43-33-38(18-12-14-27-54)42(21-13-15-28-55)48-44-34-40(57-30-31-61-41-19-8-7-9-20-41)24-25-46(44)60-51(47,49(43)48)58-29-5-2/h5,7-11,16-17,19-20,22-25,32-34,38,42,47-49,54-55H,2,4,6,12-15,18,21,26-31,35H2,1,3H3/t38-,42+,47-,48+,49+,51+/m0/s1. The van der Waals surface area contributed by atoms with Gasteiger partial charge in [0.1, 0.15) is 24.1 Å². The highest BCUT2D eigenvalue weighted by Crippen LogP contribution is 2.62. The van der Waals surface area contributed by atoms with E-state index in [0.717, 1.165) is 71.2 Å². The van der Waals surface area contributed by atoms with E-state index in [1.165, 1.54) is 4.90 Å². The van der Waals surface area contributed by atoms with Gasteiger partial charge in [-0.3, -0.25) is 4.79 Å². The predicted molar refractivity (Wildman–Crippen MR) is 245 cm³/mol. The van der Waals surface area contributed by atoms with Gasteiger partial charge in [-0.2, -0.15) is 0 Å². The lowest BCUT2D eigenvalue weighted by Crippen LogP contribution is -2.70. The molecule has 1 heterocycles. The molecule has 7 rings (SSSR count). The molecule has 2 aliphatic carbocycles. The van der Waals surface area contributed by atoms with Crippen molar-refractivity contribution in [1.82, 2.24) is 4.90 Å². The molecule has 0 aromatic heterocycles. The molecule has 1 fully saturated rings. The SMILES string of the molecule is C=CCO[C@@]12Oc3ccc(OCCSc4ccccc4)cc3[C@H]3[C@H](CCCCO)[C@@H](CCCCO)C=C(C(=NOCC)C[C@@H]1N(CCC)C(=O)c1ccc4ccccc4c1)[C@H]32. The Morgan fingerprint density at radius 1 is 0.951 bits per heavy atom. The third-order valence-electron chi connectivity index (χ3n) is 12.4. The van der Waals surface area contributed by atoms with Gasteiger partial charge in [-0.15, -0.1) is 18.3 Å². The Morgan fingerprint density at radius 3 is 2.48 bits per heavy atom. The van der Waals surface area contributed by atoms with Crippen molar-refractivity contribution in [3.8, 4) is 11.5 Å². The first-order valence-corrected chi connectivity index (χ1v) is 23.3. The molecule has 9 nitrogen and oxygen atoms in total. The molecule has 0 saturated heterocycles. The third kappa shape index (κ3) is 9.88. The normalized spacial score (nSPS) is 23.4. The van der Waals surface area contributed by atoms with Crippen molar-refractivity contribution in [3.63, 3.8) is 0 Å². The van der Waals surface area contributed by atoms with Crippen molar-refractivity contribution in [2.45, 2.75) is 87.9 Å². The zero-order chi connectivity index (χ0) is 42.6. The summed E-state index contributed by atoms with van der Waals surface area (Å²) in [6, 6.07) is 29.9. The second-order valence-corrected chi connectivity index (χ2v) is 17.4. The highest BCUT2D eigenvalue weighted by atomic mass is 32.2. The van der Waals surface area contributed by atoms with E-state index in [4.69, 9.17) is 24.2 Å². The van der Waals surface area contributed by atoms with E-state index in [1.807, 2.05) is 78.6 Å². The van der Waals surface area contributed by atoms with Gasteiger partial charge in [0.15, 0.2) is 0 Å². The number of hydrogen-bond acceptors (Lipinski definition) is 9. The molecule has 1 aliphatic heterocycles. The van der Waals surface area contributed by atoms with Crippen molar-refractivity contribution in [2.75, 3.05) is 45.3 Å². The number of fused-ring (bicyclic) bond motifs is 3. The van der Waals surface area contributed by atoms with E-state index in [2.05, 4.69) is 43.8 Å². The Kier molecular flexibility index (Phi) is 15.6. The summed E-state index contributed by atoms with van der Waals surface area (Å²) in [6.07, 6.45) is 10.1. The smallest absolute Gasteiger partial charge is 0.254 e. The number of ether oxygens (including phenoxy) is 3. The predicted octanol–water partition coefficient (Wildman–Crippen LogP) is 10.2. The number of hydrogen-bond donors (Lipinski definition) is 2. The molecule has 4 aromatic rings. The second-order valence-electron chi connectivity index (χ2n) is 16.3. The van der Waals surface area contributed by atoms with Gasteiger partial charge in [-0.25, -0.2) is 0 Å². The average molecular weight is 847 g/mol. The molecular formula is C51H62N2O7S. The van der Waals surface area contributed by atoms with Gasteiger partial charge >= 0.3 is 0 Å². The zero-order valence-corrected chi connectivity index (χ0v) is 36.6. The van der Waals surface area contributed by atoms with Crippen LogP contribution in [0, 0.1) is 17.8 Å². The number of carbonyl (C=O) groups is 1. The molecule has 3 aliphatic rings. The molecule has 324 valence electrons. The van der Waals surface area contributed by atoms with Crippen LogP contribution in [0.3, 0.4) is 0 Å². The van der Waals surface area contributed by atoms with E-state index in [9.17, 15) is 10.2 Å². The minimum absolute atomic E-state index is 0.0948. The van der Waals surface area contributed by atoms with Gasteiger partial charge in [0.25, 0.3) is 5.91 Å². The van der Waals surface area contributed by atoms with Crippen LogP contribution in [0.5, 0.6) is 11.5 Å². The molecule has 6 atom stereocenters. The van der Waals surface area contributed by atoms with Gasteiger partial charge in [-0.1, -0.05) is 85.6 Å². The first-order chi connectivity index (χ1) is 30.0. The lowest BCUT2D eigenvalue weighted by atomic mass is 9.55. The van der Waals surface area contributed by atoms with Crippen LogP contribution in [-0.2, 0) is 9.57 Å². The lowest BCUT2D eigenvalue weighted by Gasteiger charge is -2.60. The molecular weight excluding hydrogens is 785 g/mol. The number of unbranched alkanes of at least 4 members (excludes halogenated alkanes) is 2. The molecule has 0 radical (unpaired) electrons. The molecule has 0 spiro atoms. The topological polar surface area (TPSA) is 110 Å². The number of carbonyl (C=O) groups excluding carboxylic acids is 1. The Labute approximate surface area is 365 Å². The monoisotopic (exact) mass is 846 g/mol. The minimum atomic E-state index is -1.31. The Hall–Kier alpha value is -4.61. The van der Waals surface area contributed by atoms with Crippen LogP contribution >= 0.6 is 11.8 Å². The fourth-order valence-electron chi connectivity index (χ4n) is 9.84.